The van der Waals surface area contributed by atoms with Crippen LogP contribution in [-0.4, -0.2) is 43.7 Å². The van der Waals surface area contributed by atoms with E-state index >= 15 is 0 Å². The Bertz CT molecular complexity index is 1560. The highest BCUT2D eigenvalue weighted by Gasteiger charge is 2.37. The van der Waals surface area contributed by atoms with Gasteiger partial charge in [-0.1, -0.05) is 75.1 Å². The molecular weight excluding hydrogens is 669 g/mol. The van der Waals surface area contributed by atoms with E-state index in [0.29, 0.717) is 36.0 Å². The predicted molar refractivity (Wildman–Crippen MR) is 212 cm³/mol. The summed E-state index contributed by atoms with van der Waals surface area (Å²) in [6, 6.07) is 6.73. The Hall–Kier alpha value is -3.16. The molecule has 292 valence electrons. The maximum absolute atomic E-state index is 14.1. The quantitative estimate of drug-likeness (QED) is 0.193. The second kappa shape index (κ2) is 19.4. The maximum Gasteiger partial charge on any atom is 0.247 e. The van der Waals surface area contributed by atoms with E-state index in [2.05, 4.69) is 30.1 Å². The van der Waals surface area contributed by atoms with Gasteiger partial charge in [0, 0.05) is 43.1 Å². The number of nitrogens with zero attached hydrogens (tertiary/aromatic N) is 2. The van der Waals surface area contributed by atoms with E-state index in [-0.39, 0.29) is 24.5 Å². The van der Waals surface area contributed by atoms with Crippen molar-refractivity contribution in [2.45, 2.75) is 161 Å². The van der Waals surface area contributed by atoms with Crippen molar-refractivity contribution >= 4 is 23.6 Å². The summed E-state index contributed by atoms with van der Waals surface area (Å²) < 4.78 is 33.8. The minimum Gasteiger partial charge on any atom is -0.496 e. The summed E-state index contributed by atoms with van der Waals surface area (Å²) in [4.78, 5) is 36.0. The van der Waals surface area contributed by atoms with Gasteiger partial charge in [0.25, 0.3) is 0 Å². The predicted octanol–water partition coefficient (Wildman–Crippen LogP) is 11.1. The van der Waals surface area contributed by atoms with Crippen molar-refractivity contribution in [2.75, 3.05) is 14.2 Å². The van der Waals surface area contributed by atoms with Crippen molar-refractivity contribution < 1.29 is 23.1 Å². The number of rotatable bonds is 14. The van der Waals surface area contributed by atoms with Gasteiger partial charge in [-0.3, -0.25) is 19.6 Å². The molecule has 2 fully saturated rings. The molecule has 6 nitrogen and oxygen atoms in total. The maximum atomic E-state index is 14.1. The van der Waals surface area contributed by atoms with E-state index in [1.165, 1.54) is 36.0 Å². The molecule has 4 unspecified atom stereocenters. The second-order valence-electron chi connectivity index (χ2n) is 16.5. The molecule has 0 spiro atoms. The number of methoxy groups -OCH3 is 1. The van der Waals surface area contributed by atoms with E-state index in [1.807, 2.05) is 0 Å². The molecule has 0 radical (unpaired) electrons. The second-order valence-corrected chi connectivity index (χ2v) is 16.5. The van der Waals surface area contributed by atoms with Crippen molar-refractivity contribution in [3.63, 3.8) is 0 Å². The number of amides is 1. The first kappa shape index (κ1) is 41.0. The molecule has 3 aliphatic carbocycles. The van der Waals surface area contributed by atoms with Crippen LogP contribution in [0.25, 0.3) is 0 Å². The molecule has 0 saturated heterocycles. The highest BCUT2D eigenvalue weighted by molar-refractivity contribution is 6.30. The number of ketones is 1. The molecule has 53 heavy (non-hydrogen) atoms. The van der Waals surface area contributed by atoms with E-state index in [9.17, 15) is 18.4 Å². The Labute approximate surface area is 317 Å². The average Bonchev–Trinajstić information content (AvgIpc) is 3.96. The van der Waals surface area contributed by atoms with Crippen LogP contribution in [0.5, 0.6) is 5.75 Å². The largest absolute Gasteiger partial charge is 0.496 e. The van der Waals surface area contributed by atoms with Crippen LogP contribution in [0.15, 0.2) is 50.6 Å². The van der Waals surface area contributed by atoms with Gasteiger partial charge in [-0.25, -0.2) is 8.78 Å². The first-order chi connectivity index (χ1) is 25.5. The fourth-order valence-corrected chi connectivity index (χ4v) is 9.15. The molecule has 1 aromatic carbocycles. The average molecular weight is 734 g/mol. The third-order valence-corrected chi connectivity index (χ3v) is 12.9. The summed E-state index contributed by atoms with van der Waals surface area (Å²) in [6.45, 7) is 3.76. The molecule has 0 aromatic heterocycles. The number of hydrogen-bond donors (Lipinski definition) is 1. The first-order valence-corrected chi connectivity index (χ1v) is 20.8. The summed E-state index contributed by atoms with van der Waals surface area (Å²) in [5.41, 5.74) is 12.9. The third kappa shape index (κ3) is 11.4. The number of allylic oxidation sites excluding steroid dienone is 4. The fraction of sp³-hybridized carbons (Fsp3) is 0.689. The molecule has 4 atom stereocenters. The number of alkyl halides is 2. The highest BCUT2D eigenvalue weighted by Crippen LogP contribution is 2.41. The lowest BCUT2D eigenvalue weighted by atomic mass is 9.75. The minimum absolute atomic E-state index is 0.0197. The monoisotopic (exact) mass is 733 g/mol. The zero-order valence-corrected chi connectivity index (χ0v) is 33.0. The number of carbonyl (C=O) groups excluding carboxylic acids is 2. The summed E-state index contributed by atoms with van der Waals surface area (Å²) in [5, 5.41) is 0. The zero-order chi connectivity index (χ0) is 38.0. The summed E-state index contributed by atoms with van der Waals surface area (Å²) in [6.07, 6.45) is 20.5. The number of Topliss-reactive ketones (excluding diaryl/α,β-unsaturated/α-hetero) is 1. The van der Waals surface area contributed by atoms with Gasteiger partial charge in [0.2, 0.25) is 11.8 Å². The van der Waals surface area contributed by atoms with Crippen LogP contribution in [0.1, 0.15) is 159 Å². The van der Waals surface area contributed by atoms with Crippen LogP contribution in [0.3, 0.4) is 0 Å². The molecule has 5 rings (SSSR count). The fourth-order valence-electron chi connectivity index (χ4n) is 9.15. The molecule has 2 N–H and O–H groups in total. The molecule has 8 heteroatoms. The van der Waals surface area contributed by atoms with Crippen molar-refractivity contribution in [3.8, 4) is 5.75 Å². The Kier molecular flexibility index (Phi) is 15.0. The molecule has 1 aliphatic heterocycles. The first-order valence-electron chi connectivity index (χ1n) is 20.8. The zero-order valence-electron chi connectivity index (χ0n) is 33.0. The SMILES string of the molecule is CCC(F)(F)CCC1CCCCC(c2ccc(CCCC3=C(C)CC/C4=C(\C=N3)C(=O)C(C(N)=O)C(=NC)CCC4CCC3CC3)c(OC)c2)CCC1. The lowest BCUT2D eigenvalue weighted by Crippen LogP contribution is -2.40. The van der Waals surface area contributed by atoms with Gasteiger partial charge in [-0.05, 0) is 125 Å². The third-order valence-electron chi connectivity index (χ3n) is 12.9. The lowest BCUT2D eigenvalue weighted by Gasteiger charge is -2.29. The lowest BCUT2D eigenvalue weighted by molar-refractivity contribution is -0.127. The van der Waals surface area contributed by atoms with Gasteiger partial charge >= 0.3 is 0 Å². The number of nitrogens with two attached hydrogens (primary N) is 1. The topological polar surface area (TPSA) is 94.1 Å². The number of carbonyl (C=O) groups is 2. The van der Waals surface area contributed by atoms with Gasteiger partial charge in [0.05, 0.1) is 7.11 Å². The van der Waals surface area contributed by atoms with Crippen molar-refractivity contribution in [2.24, 2.45) is 39.4 Å². The van der Waals surface area contributed by atoms with Gasteiger partial charge in [-0.15, -0.1) is 0 Å². The number of ether oxygens (including phenoxy) is 1. The normalized spacial score (nSPS) is 27.2. The van der Waals surface area contributed by atoms with Crippen LogP contribution in [0.2, 0.25) is 0 Å². The van der Waals surface area contributed by atoms with Crippen molar-refractivity contribution in [1.82, 2.24) is 0 Å². The summed E-state index contributed by atoms with van der Waals surface area (Å²) in [7, 11) is 3.41. The van der Waals surface area contributed by atoms with Gasteiger partial charge < -0.3 is 10.5 Å². The summed E-state index contributed by atoms with van der Waals surface area (Å²) in [5.74, 6) is -1.55. The van der Waals surface area contributed by atoms with Crippen LogP contribution in [0.4, 0.5) is 8.78 Å². The molecule has 1 aromatic rings. The molecule has 4 aliphatic rings. The number of aryl methyl sites for hydroxylation is 1. The minimum atomic E-state index is -2.53. The Morgan fingerprint density at radius 2 is 1.70 bits per heavy atom. The number of halogens is 2. The van der Waals surface area contributed by atoms with Crippen molar-refractivity contribution in [1.29, 1.82) is 0 Å². The van der Waals surface area contributed by atoms with Gasteiger partial charge in [-0.2, -0.15) is 0 Å². The van der Waals surface area contributed by atoms with Gasteiger partial charge in [0.15, 0.2) is 5.78 Å². The molecular formula is C45H65F2N3O3. The van der Waals surface area contributed by atoms with E-state index < -0.39 is 17.7 Å². The van der Waals surface area contributed by atoms with Crippen molar-refractivity contribution in [3.05, 3.63) is 51.7 Å². The van der Waals surface area contributed by atoms with E-state index in [4.69, 9.17) is 15.5 Å². The molecule has 0 bridgehead atoms. The number of hydrogen-bond acceptors (Lipinski definition) is 5. The Morgan fingerprint density at radius 1 is 0.962 bits per heavy atom. The van der Waals surface area contributed by atoms with E-state index in [0.717, 1.165) is 113 Å². The number of aliphatic imine (C=N–C) groups is 2. The van der Waals surface area contributed by atoms with Crippen LogP contribution in [-0.2, 0) is 16.0 Å². The summed E-state index contributed by atoms with van der Waals surface area (Å²) >= 11 is 0. The smallest absolute Gasteiger partial charge is 0.247 e. The Morgan fingerprint density at radius 3 is 2.42 bits per heavy atom. The standard InChI is InChI=1S/C45H65F2N3O3/c1-5-45(46,47)27-26-31-10-6-7-12-33(13-8-11-31)36-22-21-35(41(28-36)53-4)14-9-15-39-30(2)16-24-37-34(20-19-32-17-18-32)23-25-40(49-3)42(44(48)52)43(51)38(37)29-50-39/h21-22,28-29,31-34,42H,5-20,23-27H2,1-4H3,(H2,48,52)/b38-37-,39-30?,49-40?,50-29?. The molecule has 2 saturated carbocycles. The molecule has 1 heterocycles. The highest BCUT2D eigenvalue weighted by atomic mass is 19.3. The number of benzene rings is 1. The number of primary amides is 1. The van der Waals surface area contributed by atoms with E-state index in [1.54, 1.807) is 27.3 Å². The van der Waals surface area contributed by atoms with Crippen LogP contribution in [0, 0.1) is 23.7 Å². The van der Waals surface area contributed by atoms with Crippen LogP contribution < -0.4 is 10.5 Å². The van der Waals surface area contributed by atoms with Gasteiger partial charge in [0.1, 0.15) is 11.7 Å². The Balaban J connectivity index is 1.24. The van der Waals surface area contributed by atoms with Crippen LogP contribution >= 0.6 is 0 Å². The molecule has 1 amide bonds.